The summed E-state index contributed by atoms with van der Waals surface area (Å²) in [5.41, 5.74) is 0. The van der Waals surface area contributed by atoms with E-state index in [1.165, 1.54) is 10.7 Å². The van der Waals surface area contributed by atoms with E-state index in [4.69, 9.17) is 16.3 Å². The molecule has 0 aliphatic heterocycles. The fraction of sp³-hybridized carbons (Fsp3) is 0.286. The van der Waals surface area contributed by atoms with Crippen LogP contribution in [-0.4, -0.2) is 26.2 Å². The summed E-state index contributed by atoms with van der Waals surface area (Å²) in [7, 11) is 0. The molecule has 0 N–H and O–H groups in total. The Kier molecular flexibility index (Phi) is 2.02. The van der Waals surface area contributed by atoms with E-state index in [2.05, 4.69) is 15.1 Å². The number of hydrogen-bond acceptors (Lipinski definition) is 4. The molecule has 0 unspecified atom stereocenters. The fourth-order valence-electron chi connectivity index (χ4n) is 0.930. The zero-order chi connectivity index (χ0) is 9.26. The first-order chi connectivity index (χ1) is 6.29. The lowest BCUT2D eigenvalue weighted by Gasteiger charge is -1.90. The summed E-state index contributed by atoms with van der Waals surface area (Å²) in [4.78, 5) is 7.96. The third-order valence-corrected chi connectivity index (χ3v) is 1.61. The van der Waals surface area contributed by atoms with Gasteiger partial charge in [0.25, 0.3) is 5.78 Å². The van der Waals surface area contributed by atoms with E-state index in [-0.39, 0.29) is 0 Å². The minimum absolute atomic E-state index is 0.317. The molecule has 0 aliphatic carbocycles. The number of rotatable bonds is 2. The van der Waals surface area contributed by atoms with Crippen LogP contribution in [0.4, 0.5) is 0 Å². The topological polar surface area (TPSA) is 52.3 Å². The minimum Gasteiger partial charge on any atom is -0.463 e. The van der Waals surface area contributed by atoms with Crippen molar-refractivity contribution < 1.29 is 4.74 Å². The molecule has 0 fully saturated rings. The molecule has 2 aromatic heterocycles. The molecule has 13 heavy (non-hydrogen) atoms. The summed E-state index contributed by atoms with van der Waals surface area (Å²) in [6.07, 6.45) is 3.14. The van der Waals surface area contributed by atoms with Crippen molar-refractivity contribution >= 4 is 17.4 Å². The highest BCUT2D eigenvalue weighted by Crippen LogP contribution is 2.09. The third-order valence-electron chi connectivity index (χ3n) is 1.42. The van der Waals surface area contributed by atoms with Gasteiger partial charge in [0, 0.05) is 0 Å². The zero-order valence-corrected chi connectivity index (χ0v) is 7.69. The van der Waals surface area contributed by atoms with Crippen molar-refractivity contribution in [3.63, 3.8) is 0 Å². The number of halogens is 1. The largest absolute Gasteiger partial charge is 0.463 e. The lowest BCUT2D eigenvalue weighted by Crippen LogP contribution is -1.93. The first-order valence-corrected chi connectivity index (χ1v) is 4.18. The quantitative estimate of drug-likeness (QED) is 0.727. The van der Waals surface area contributed by atoms with Crippen LogP contribution in [0, 0.1) is 0 Å². The molecular formula is C7H7ClN4O. The molecule has 0 saturated carbocycles. The van der Waals surface area contributed by atoms with Gasteiger partial charge in [-0.05, 0) is 6.92 Å². The second-order valence-corrected chi connectivity index (χ2v) is 2.78. The van der Waals surface area contributed by atoms with Gasteiger partial charge in [-0.25, -0.2) is 4.98 Å². The van der Waals surface area contributed by atoms with Crippen molar-refractivity contribution in [3.8, 4) is 6.01 Å². The van der Waals surface area contributed by atoms with Gasteiger partial charge in [0.2, 0.25) is 0 Å². The highest BCUT2D eigenvalue weighted by Gasteiger charge is 2.04. The Balaban J connectivity index is 2.49. The summed E-state index contributed by atoms with van der Waals surface area (Å²) < 4.78 is 6.58. The Morgan fingerprint density at radius 2 is 2.46 bits per heavy atom. The lowest BCUT2D eigenvalue weighted by molar-refractivity contribution is 0.313. The molecule has 0 saturated heterocycles. The number of ether oxygens (including phenoxy) is 1. The first kappa shape index (κ1) is 8.25. The summed E-state index contributed by atoms with van der Waals surface area (Å²) in [6, 6.07) is 0.317. The molecule has 5 nitrogen and oxygen atoms in total. The normalized spacial score (nSPS) is 10.6. The second kappa shape index (κ2) is 3.18. The highest BCUT2D eigenvalue weighted by molar-refractivity contribution is 6.30. The molecule has 2 aromatic rings. The van der Waals surface area contributed by atoms with Gasteiger partial charge in [0.1, 0.15) is 0 Å². The van der Waals surface area contributed by atoms with Crippen molar-refractivity contribution in [1.82, 2.24) is 19.6 Å². The van der Waals surface area contributed by atoms with E-state index in [0.717, 1.165) is 0 Å². The molecule has 0 aromatic carbocycles. The predicted molar refractivity (Wildman–Crippen MR) is 47.0 cm³/mol. The zero-order valence-electron chi connectivity index (χ0n) is 6.94. The van der Waals surface area contributed by atoms with E-state index in [9.17, 15) is 0 Å². The second-order valence-electron chi connectivity index (χ2n) is 2.34. The lowest BCUT2D eigenvalue weighted by atomic mass is 10.7. The minimum atomic E-state index is 0.317. The molecule has 0 bridgehead atoms. The molecule has 0 spiro atoms. The van der Waals surface area contributed by atoms with Crippen molar-refractivity contribution in [2.75, 3.05) is 6.61 Å². The van der Waals surface area contributed by atoms with Crippen LogP contribution >= 0.6 is 11.6 Å². The SMILES string of the molecule is CCOc1nc2ncc(Cl)cn2n1. The van der Waals surface area contributed by atoms with E-state index in [1.807, 2.05) is 6.92 Å². The average Bonchev–Trinajstić information content (AvgIpc) is 2.46. The molecule has 2 heterocycles. The number of fused-ring (bicyclic) bond motifs is 1. The van der Waals surface area contributed by atoms with E-state index >= 15 is 0 Å². The summed E-state index contributed by atoms with van der Waals surface area (Å²) >= 11 is 5.71. The Morgan fingerprint density at radius 3 is 3.23 bits per heavy atom. The van der Waals surface area contributed by atoms with Crippen LogP contribution < -0.4 is 4.74 Å². The third kappa shape index (κ3) is 1.55. The molecule has 68 valence electrons. The summed E-state index contributed by atoms with van der Waals surface area (Å²) in [6.45, 7) is 2.40. The molecule has 0 aliphatic rings. The van der Waals surface area contributed by atoms with Crippen molar-refractivity contribution in [2.45, 2.75) is 6.92 Å². The van der Waals surface area contributed by atoms with Crippen molar-refractivity contribution in [3.05, 3.63) is 17.4 Å². The number of hydrogen-bond donors (Lipinski definition) is 0. The Morgan fingerprint density at radius 1 is 1.62 bits per heavy atom. The molecule has 6 heteroatoms. The number of aromatic nitrogens is 4. The highest BCUT2D eigenvalue weighted by atomic mass is 35.5. The van der Waals surface area contributed by atoms with Crippen LogP contribution in [0.5, 0.6) is 6.01 Å². The van der Waals surface area contributed by atoms with Gasteiger partial charge in [-0.15, -0.1) is 5.10 Å². The number of nitrogens with zero attached hydrogens (tertiary/aromatic N) is 4. The molecule has 0 radical (unpaired) electrons. The first-order valence-electron chi connectivity index (χ1n) is 3.80. The molecule has 0 atom stereocenters. The average molecular weight is 199 g/mol. The van der Waals surface area contributed by atoms with Gasteiger partial charge < -0.3 is 4.74 Å². The Labute approximate surface area is 79.3 Å². The van der Waals surface area contributed by atoms with E-state index in [0.29, 0.717) is 23.4 Å². The van der Waals surface area contributed by atoms with Crippen LogP contribution in [0.3, 0.4) is 0 Å². The van der Waals surface area contributed by atoms with Crippen LogP contribution in [-0.2, 0) is 0 Å². The van der Waals surface area contributed by atoms with E-state index < -0.39 is 0 Å². The Bertz CT molecular complexity index is 427. The maximum Gasteiger partial charge on any atom is 0.337 e. The smallest absolute Gasteiger partial charge is 0.337 e. The molecular weight excluding hydrogens is 192 g/mol. The van der Waals surface area contributed by atoms with Gasteiger partial charge in [-0.1, -0.05) is 11.6 Å². The summed E-state index contributed by atoms with van der Waals surface area (Å²) in [5, 5.41) is 4.51. The van der Waals surface area contributed by atoms with Crippen molar-refractivity contribution in [2.24, 2.45) is 0 Å². The molecule has 0 amide bonds. The predicted octanol–water partition coefficient (Wildman–Crippen LogP) is 1.18. The Hall–Kier alpha value is -1.36. The van der Waals surface area contributed by atoms with Crippen LogP contribution in [0.15, 0.2) is 12.4 Å². The monoisotopic (exact) mass is 198 g/mol. The summed E-state index contributed by atoms with van der Waals surface area (Å²) in [5.74, 6) is 0.479. The van der Waals surface area contributed by atoms with Gasteiger partial charge >= 0.3 is 6.01 Å². The van der Waals surface area contributed by atoms with Gasteiger partial charge in [0.05, 0.1) is 24.0 Å². The van der Waals surface area contributed by atoms with Gasteiger partial charge in [-0.2, -0.15) is 9.50 Å². The van der Waals surface area contributed by atoms with Crippen molar-refractivity contribution in [1.29, 1.82) is 0 Å². The van der Waals surface area contributed by atoms with Gasteiger partial charge in [-0.3, -0.25) is 0 Å². The molecule has 2 rings (SSSR count). The fourth-order valence-corrected chi connectivity index (χ4v) is 1.07. The standard InChI is InChI=1S/C7H7ClN4O/c1-2-13-7-10-6-9-3-5(8)4-12(6)11-7/h3-4H,2H2,1H3. The van der Waals surface area contributed by atoms with Crippen LogP contribution in [0.1, 0.15) is 6.92 Å². The van der Waals surface area contributed by atoms with E-state index in [1.54, 1.807) is 6.20 Å². The van der Waals surface area contributed by atoms with Gasteiger partial charge in [0.15, 0.2) is 0 Å². The van der Waals surface area contributed by atoms with Crippen LogP contribution in [0.25, 0.3) is 5.78 Å². The maximum absolute atomic E-state index is 5.71. The van der Waals surface area contributed by atoms with Crippen LogP contribution in [0.2, 0.25) is 5.02 Å². The maximum atomic E-state index is 5.71.